The molecule has 0 spiro atoms. The minimum atomic E-state index is -2.75. The van der Waals surface area contributed by atoms with Gasteiger partial charge in [0.1, 0.15) is 36.8 Å². The summed E-state index contributed by atoms with van der Waals surface area (Å²) in [6.45, 7) is 15.1. The molecule has 5 aromatic rings. The van der Waals surface area contributed by atoms with Gasteiger partial charge in [0.05, 0.1) is 44.1 Å². The van der Waals surface area contributed by atoms with E-state index in [2.05, 4.69) is 111 Å². The summed E-state index contributed by atoms with van der Waals surface area (Å²) in [6.07, 6.45) is 0.103. The molecule has 9 N–H and O–H groups in total. The van der Waals surface area contributed by atoms with Crippen molar-refractivity contribution < 1.29 is 52.3 Å². The predicted octanol–water partition coefficient (Wildman–Crippen LogP) is 4.16. The van der Waals surface area contributed by atoms with E-state index in [1.807, 2.05) is 62.4 Å². The van der Waals surface area contributed by atoms with Crippen LogP contribution in [0.2, 0.25) is 5.04 Å². The van der Waals surface area contributed by atoms with Crippen molar-refractivity contribution in [2.45, 2.75) is 147 Å². The second kappa shape index (κ2) is 34.9. The van der Waals surface area contributed by atoms with E-state index in [1.165, 1.54) is 29.1 Å². The summed E-state index contributed by atoms with van der Waals surface area (Å²) in [5.74, 6) is -4.77. The number of fused-ring (bicyclic) bond motifs is 1. The fraction of sp³-hybridized carbons (Fsp3) is 0.435. The van der Waals surface area contributed by atoms with Crippen LogP contribution >= 0.6 is 11.8 Å². The Bertz CT molecular complexity index is 3220. The molecule has 492 valence electrons. The Hall–Kier alpha value is -8.38. The van der Waals surface area contributed by atoms with Crippen molar-refractivity contribution in [1.29, 1.82) is 0 Å². The van der Waals surface area contributed by atoms with Gasteiger partial charge >= 0.3 is 5.97 Å². The molecule has 0 saturated carbocycles. The molecule has 2 unspecified atom stereocenters. The number of carbonyl (C=O) groups excluding carboxylic acids is 8. The fourth-order valence-corrected chi connectivity index (χ4v) is 16.7. The Morgan fingerprint density at radius 3 is 1.75 bits per heavy atom. The fourth-order valence-electron chi connectivity index (χ4n) is 11.1. The Labute approximate surface area is 545 Å². The maximum Gasteiger partial charge on any atom is 0.329 e. The van der Waals surface area contributed by atoms with E-state index in [1.54, 1.807) is 61.5 Å². The maximum atomic E-state index is 14.5. The molecule has 2 aliphatic heterocycles. The number of ether oxygens (including phenoxy) is 2. The van der Waals surface area contributed by atoms with Crippen molar-refractivity contribution in [2.24, 2.45) is 16.6 Å². The molecule has 0 aliphatic carbocycles. The minimum absolute atomic E-state index is 0.0149. The number of nitrogens with two attached hydrogens (primary N) is 1. The largest absolute Gasteiger partial charge is 0.459 e. The number of amides is 7. The van der Waals surface area contributed by atoms with E-state index in [-0.39, 0.29) is 60.8 Å². The van der Waals surface area contributed by atoms with Crippen LogP contribution in [0.15, 0.2) is 157 Å². The first kappa shape index (κ1) is 71.1. The smallest absolute Gasteiger partial charge is 0.329 e. The molecule has 5 aromatic carbocycles. The lowest BCUT2D eigenvalue weighted by Gasteiger charge is -2.44. The molecule has 2 heterocycles. The molecule has 1 saturated heterocycles. The molecule has 7 amide bonds. The van der Waals surface area contributed by atoms with Crippen molar-refractivity contribution >= 4 is 83.7 Å². The second-order valence-electron chi connectivity index (χ2n) is 24.8. The van der Waals surface area contributed by atoms with Crippen LogP contribution in [0, 0.1) is 5.92 Å². The van der Waals surface area contributed by atoms with Gasteiger partial charge in [-0.05, 0) is 71.1 Å². The van der Waals surface area contributed by atoms with E-state index < -0.39 is 99.0 Å². The summed E-state index contributed by atoms with van der Waals surface area (Å²) in [5, 5.41) is 21.7. The van der Waals surface area contributed by atoms with Crippen LogP contribution in [-0.4, -0.2) is 153 Å². The van der Waals surface area contributed by atoms with Gasteiger partial charge in [-0.25, -0.2) is 9.79 Å². The quantitative estimate of drug-likeness (QED) is 0.0216. The van der Waals surface area contributed by atoms with E-state index in [0.29, 0.717) is 23.5 Å². The molecule has 0 radical (unpaired) electrons. The standard InChI is InChI=1S/C69H90N10O11SSi/c1-46(2)37-56(64(84)75-57(39-59(70)80)65(85)77-58(38-49-23-13-8-14-24-49)67(87)89-42-51-27-17-10-18-28-51)76-66(86)62(48(4)88-41-50-25-15-9-16-26-50)78-63(83)47(3)72-60(81)40-71-61(82)45-91-44-53-34-36-79-35-33-52(73-68(79)74-53)43-90-92(69(5,6)7,54-29-19-11-20-30-54)55-31-21-12-22-32-55/h8-32,46-48,52-53,56-58,62H,33-45H2,1-7H3,(H2,70,80)(H,71,82)(H,72,81)(H,73,74)(H,75,84)(H,76,86)(H,77,85)(H,78,83)/t47-,48+,52?,53?,56-,57-,58-,62-/m0/s1. The van der Waals surface area contributed by atoms with E-state index >= 15 is 0 Å². The average Bonchev–Trinajstić information content (AvgIpc) is 0.755. The normalized spacial score (nSPS) is 16.7. The topological polar surface area (TPSA) is 290 Å². The Morgan fingerprint density at radius 1 is 0.641 bits per heavy atom. The van der Waals surface area contributed by atoms with Crippen LogP contribution in [-0.2, 0) is 71.9 Å². The third kappa shape index (κ3) is 21.4. The van der Waals surface area contributed by atoms with Crippen LogP contribution in [0.25, 0.3) is 0 Å². The van der Waals surface area contributed by atoms with E-state index in [9.17, 15) is 38.4 Å². The number of guanidine groups is 1. The van der Waals surface area contributed by atoms with Gasteiger partial charge in [-0.1, -0.05) is 186 Å². The lowest BCUT2D eigenvalue weighted by atomic mass is 10.0. The van der Waals surface area contributed by atoms with Crippen molar-refractivity contribution in [3.05, 3.63) is 168 Å². The van der Waals surface area contributed by atoms with Crippen molar-refractivity contribution in [2.75, 3.05) is 37.7 Å². The number of rotatable bonds is 33. The summed E-state index contributed by atoms with van der Waals surface area (Å²) in [7, 11) is -2.75. The highest BCUT2D eigenvalue weighted by molar-refractivity contribution is 8.00. The molecule has 0 bridgehead atoms. The third-order valence-corrected chi connectivity index (χ3v) is 22.1. The predicted molar refractivity (Wildman–Crippen MR) is 359 cm³/mol. The summed E-state index contributed by atoms with van der Waals surface area (Å²) >= 11 is 1.43. The molecular weight excluding hydrogens is 1200 g/mol. The van der Waals surface area contributed by atoms with Crippen molar-refractivity contribution in [3.63, 3.8) is 0 Å². The monoisotopic (exact) mass is 1290 g/mol. The summed E-state index contributed by atoms with van der Waals surface area (Å²) in [5.41, 5.74) is 7.79. The van der Waals surface area contributed by atoms with Gasteiger partial charge in [0.25, 0.3) is 8.32 Å². The van der Waals surface area contributed by atoms with Crippen LogP contribution in [0.3, 0.4) is 0 Å². The van der Waals surface area contributed by atoms with Crippen LogP contribution < -0.4 is 53.3 Å². The molecule has 0 aromatic heterocycles. The van der Waals surface area contributed by atoms with Gasteiger partial charge in [0.15, 0.2) is 5.96 Å². The molecule has 1 fully saturated rings. The number of thioether (sulfide) groups is 1. The van der Waals surface area contributed by atoms with Crippen molar-refractivity contribution in [1.82, 2.24) is 42.1 Å². The summed E-state index contributed by atoms with van der Waals surface area (Å²) in [6, 6.07) is 41.3. The van der Waals surface area contributed by atoms with Gasteiger partial charge < -0.3 is 61.8 Å². The molecular formula is C69H90N10O11SSi. The summed E-state index contributed by atoms with van der Waals surface area (Å²) in [4.78, 5) is 117. The molecule has 21 nitrogen and oxygen atoms in total. The zero-order valence-electron chi connectivity index (χ0n) is 53.7. The Kier molecular flexibility index (Phi) is 26.9. The first-order valence-corrected chi connectivity index (χ1v) is 34.5. The first-order valence-electron chi connectivity index (χ1n) is 31.5. The number of primary amides is 1. The number of aliphatic imine (C=N–C) groups is 1. The van der Waals surface area contributed by atoms with Crippen LogP contribution in [0.4, 0.5) is 0 Å². The number of benzene rings is 5. The van der Waals surface area contributed by atoms with E-state index in [0.717, 1.165) is 37.5 Å². The average molecular weight is 1300 g/mol. The zero-order valence-corrected chi connectivity index (χ0v) is 55.5. The molecule has 92 heavy (non-hydrogen) atoms. The number of carbonyl (C=O) groups is 8. The number of nitrogens with one attached hydrogen (secondary N) is 7. The highest BCUT2D eigenvalue weighted by Gasteiger charge is 2.50. The molecule has 2 aliphatic rings. The van der Waals surface area contributed by atoms with E-state index in [4.69, 9.17) is 24.6 Å². The highest BCUT2D eigenvalue weighted by atomic mass is 32.2. The second-order valence-corrected chi connectivity index (χ2v) is 30.2. The lowest BCUT2D eigenvalue weighted by molar-refractivity contribution is -0.149. The molecule has 23 heteroatoms. The zero-order chi connectivity index (χ0) is 66.2. The van der Waals surface area contributed by atoms with Gasteiger partial charge in [0.2, 0.25) is 41.4 Å². The van der Waals surface area contributed by atoms with Gasteiger partial charge in [0, 0.05) is 31.3 Å². The molecule has 8 atom stereocenters. The number of nitrogens with zero attached hydrogens (tertiary/aromatic N) is 2. The lowest BCUT2D eigenvalue weighted by Crippen LogP contribution is -2.67. The SMILES string of the molecule is CC(C)C[C@H](NC(=O)[C@@H](NC(=O)[C@H](C)NC(=O)CNC(=O)CSCC1CCN2CCC(CO[Si](c3ccccc3)(c3ccccc3)C(C)(C)C)N=C2N1)[C@@H](C)OCc1ccccc1)C(=O)N[C@@H](CC(N)=O)C(=O)N[C@@H](Cc1ccccc1)C(=O)OCc1ccccc1. The minimum Gasteiger partial charge on any atom is -0.459 e. The third-order valence-electron chi connectivity index (χ3n) is 16.0. The molecule has 7 rings (SSSR count). The number of hydrogen-bond donors (Lipinski definition) is 8. The summed E-state index contributed by atoms with van der Waals surface area (Å²) < 4.78 is 19.0. The number of esters is 1. The van der Waals surface area contributed by atoms with Gasteiger partial charge in [-0.15, -0.1) is 11.8 Å². The maximum absolute atomic E-state index is 14.5. The number of hydrogen-bond acceptors (Lipinski definition) is 15. The van der Waals surface area contributed by atoms with Gasteiger partial charge in [-0.3, -0.25) is 33.6 Å². The highest BCUT2D eigenvalue weighted by Crippen LogP contribution is 2.37. The van der Waals surface area contributed by atoms with Crippen LogP contribution in [0.1, 0.15) is 90.8 Å². The first-order chi connectivity index (χ1) is 44.1. The van der Waals surface area contributed by atoms with Crippen LogP contribution in [0.5, 0.6) is 0 Å². The van der Waals surface area contributed by atoms with Crippen molar-refractivity contribution in [3.8, 4) is 0 Å². The Balaban J connectivity index is 0.921. The van der Waals surface area contributed by atoms with Gasteiger partial charge in [-0.2, -0.15) is 0 Å². The Morgan fingerprint density at radius 2 is 1.17 bits per heavy atom.